The van der Waals surface area contributed by atoms with Gasteiger partial charge in [-0.15, -0.1) is 0 Å². The molecule has 0 radical (unpaired) electrons. The topological polar surface area (TPSA) is 98.7 Å². The van der Waals surface area contributed by atoms with E-state index in [-0.39, 0.29) is 5.91 Å². The number of hydrogen-bond acceptors (Lipinski definition) is 6. The van der Waals surface area contributed by atoms with Crippen molar-refractivity contribution in [2.75, 3.05) is 6.54 Å². The number of carbonyl (C=O) groups excluding carboxylic acids is 1. The van der Waals surface area contributed by atoms with Crippen LogP contribution in [0.15, 0.2) is 59.6 Å². The molecule has 0 fully saturated rings. The summed E-state index contributed by atoms with van der Waals surface area (Å²) in [5.74, 6) is 1.47. The second-order valence-corrected chi connectivity index (χ2v) is 7.40. The summed E-state index contributed by atoms with van der Waals surface area (Å²) in [4.78, 5) is 25.4. The van der Waals surface area contributed by atoms with Crippen LogP contribution in [0.1, 0.15) is 35.2 Å². The third kappa shape index (κ3) is 5.16. The molecule has 0 spiro atoms. The predicted octanol–water partition coefficient (Wildman–Crippen LogP) is 3.90. The lowest BCUT2D eigenvalue weighted by molar-refractivity contribution is 0.0949. The van der Waals surface area contributed by atoms with Gasteiger partial charge in [0.25, 0.3) is 11.8 Å². The zero-order chi connectivity index (χ0) is 21.6. The van der Waals surface area contributed by atoms with Gasteiger partial charge in [0.15, 0.2) is 5.82 Å². The van der Waals surface area contributed by atoms with Gasteiger partial charge in [-0.1, -0.05) is 35.8 Å². The number of imidazole rings is 1. The molecule has 0 saturated carbocycles. The number of halogens is 1. The van der Waals surface area contributed by atoms with Crippen molar-refractivity contribution < 1.29 is 9.32 Å². The fourth-order valence-electron chi connectivity index (χ4n) is 3.02. The third-order valence-electron chi connectivity index (χ3n) is 4.63. The number of amides is 1. The number of aromatic nitrogens is 5. The molecule has 3 aromatic heterocycles. The van der Waals surface area contributed by atoms with E-state index in [0.717, 1.165) is 24.0 Å². The van der Waals surface area contributed by atoms with Crippen molar-refractivity contribution in [1.82, 2.24) is 30.0 Å². The number of nitrogens with one attached hydrogen (secondary N) is 1. The molecule has 31 heavy (non-hydrogen) atoms. The first-order valence-corrected chi connectivity index (χ1v) is 10.4. The molecule has 0 aliphatic heterocycles. The van der Waals surface area contributed by atoms with Gasteiger partial charge >= 0.3 is 0 Å². The minimum absolute atomic E-state index is 0.245. The summed E-state index contributed by atoms with van der Waals surface area (Å²) >= 11 is 5.89. The molecule has 4 aromatic rings. The van der Waals surface area contributed by atoms with Gasteiger partial charge in [0.1, 0.15) is 17.8 Å². The summed E-state index contributed by atoms with van der Waals surface area (Å²) < 4.78 is 7.02. The SMILES string of the molecule is CCCc1noc(-c2ccnc(-n3cnc(C(=O)NCCc4ccc(Cl)cc4)c3)c2)n1. The van der Waals surface area contributed by atoms with Crippen LogP contribution in [-0.2, 0) is 12.8 Å². The quantitative estimate of drug-likeness (QED) is 0.449. The molecule has 0 unspecified atom stereocenters. The maximum absolute atomic E-state index is 12.4. The van der Waals surface area contributed by atoms with Gasteiger partial charge in [0.05, 0.1) is 0 Å². The molecule has 0 aliphatic rings. The Morgan fingerprint density at radius 2 is 2.00 bits per heavy atom. The third-order valence-corrected chi connectivity index (χ3v) is 4.88. The summed E-state index contributed by atoms with van der Waals surface area (Å²) in [5, 5.41) is 7.55. The highest BCUT2D eigenvalue weighted by molar-refractivity contribution is 6.30. The molecule has 0 bridgehead atoms. The Morgan fingerprint density at radius 1 is 1.16 bits per heavy atom. The second kappa shape index (κ2) is 9.53. The summed E-state index contributed by atoms with van der Waals surface area (Å²) in [6.45, 7) is 2.56. The Hall–Kier alpha value is -3.52. The fraction of sp³-hybridized carbons (Fsp3) is 0.227. The summed E-state index contributed by atoms with van der Waals surface area (Å²) in [6, 6.07) is 11.2. The summed E-state index contributed by atoms with van der Waals surface area (Å²) in [6.07, 6.45) is 7.26. The monoisotopic (exact) mass is 436 g/mol. The van der Waals surface area contributed by atoms with Gasteiger partial charge in [-0.3, -0.25) is 9.36 Å². The zero-order valence-corrected chi connectivity index (χ0v) is 17.7. The molecule has 4 rings (SSSR count). The van der Waals surface area contributed by atoms with Crippen molar-refractivity contribution in [3.63, 3.8) is 0 Å². The standard InChI is InChI=1S/C22H21ClN6O2/c1-2-3-19-27-22(31-28-19)16-9-11-24-20(12-16)29-13-18(26-14-29)21(30)25-10-8-15-4-6-17(23)7-5-15/h4-7,9,11-14H,2-3,8,10H2,1H3,(H,25,30). The molecule has 0 atom stereocenters. The molecular weight excluding hydrogens is 416 g/mol. The number of carbonyl (C=O) groups is 1. The first-order valence-electron chi connectivity index (χ1n) is 9.98. The van der Waals surface area contributed by atoms with Crippen LogP contribution in [0.25, 0.3) is 17.3 Å². The number of benzene rings is 1. The number of nitrogens with zero attached hydrogens (tertiary/aromatic N) is 5. The van der Waals surface area contributed by atoms with Gasteiger partial charge in [-0.05, 0) is 42.7 Å². The first kappa shape index (κ1) is 20.7. The Balaban J connectivity index is 1.40. The normalized spacial score (nSPS) is 10.9. The van der Waals surface area contributed by atoms with Gasteiger partial charge in [-0.2, -0.15) is 4.98 Å². The van der Waals surface area contributed by atoms with Gasteiger partial charge in [0, 0.05) is 35.9 Å². The maximum Gasteiger partial charge on any atom is 0.271 e. The minimum atomic E-state index is -0.245. The van der Waals surface area contributed by atoms with E-state index in [0.29, 0.717) is 41.2 Å². The fourth-order valence-corrected chi connectivity index (χ4v) is 3.14. The van der Waals surface area contributed by atoms with E-state index in [1.165, 1.54) is 0 Å². The lowest BCUT2D eigenvalue weighted by Gasteiger charge is -2.04. The highest BCUT2D eigenvalue weighted by atomic mass is 35.5. The second-order valence-electron chi connectivity index (χ2n) is 6.97. The van der Waals surface area contributed by atoms with Gasteiger partial charge in [-0.25, -0.2) is 9.97 Å². The Labute approximate surface area is 184 Å². The van der Waals surface area contributed by atoms with Crippen molar-refractivity contribution in [2.24, 2.45) is 0 Å². The highest BCUT2D eigenvalue weighted by Crippen LogP contribution is 2.19. The molecule has 9 heteroatoms. The molecule has 158 valence electrons. The van der Waals surface area contributed by atoms with Crippen molar-refractivity contribution in [3.8, 4) is 17.3 Å². The molecule has 0 saturated heterocycles. The largest absolute Gasteiger partial charge is 0.350 e. The predicted molar refractivity (Wildman–Crippen MR) is 116 cm³/mol. The first-order chi connectivity index (χ1) is 15.1. The Morgan fingerprint density at radius 3 is 2.81 bits per heavy atom. The molecule has 0 aliphatic carbocycles. The highest BCUT2D eigenvalue weighted by Gasteiger charge is 2.13. The molecule has 1 amide bonds. The van der Waals surface area contributed by atoms with Crippen molar-refractivity contribution in [2.45, 2.75) is 26.2 Å². The smallest absolute Gasteiger partial charge is 0.271 e. The molecule has 1 N–H and O–H groups in total. The Kier molecular flexibility index (Phi) is 6.37. The van der Waals surface area contributed by atoms with Crippen LogP contribution in [0.5, 0.6) is 0 Å². The van der Waals surface area contributed by atoms with Crippen LogP contribution in [0.3, 0.4) is 0 Å². The van der Waals surface area contributed by atoms with Crippen LogP contribution in [0.2, 0.25) is 5.02 Å². The molecule has 8 nitrogen and oxygen atoms in total. The average Bonchev–Trinajstić information content (AvgIpc) is 3.46. The number of hydrogen-bond donors (Lipinski definition) is 1. The van der Waals surface area contributed by atoms with E-state index < -0.39 is 0 Å². The van der Waals surface area contributed by atoms with Crippen LogP contribution >= 0.6 is 11.6 Å². The summed E-state index contributed by atoms with van der Waals surface area (Å²) in [5.41, 5.74) is 2.16. The van der Waals surface area contributed by atoms with Crippen molar-refractivity contribution in [1.29, 1.82) is 0 Å². The Bertz CT molecular complexity index is 1170. The van der Waals surface area contributed by atoms with Crippen molar-refractivity contribution in [3.05, 3.63) is 77.2 Å². The van der Waals surface area contributed by atoms with E-state index in [1.54, 1.807) is 29.4 Å². The van der Waals surface area contributed by atoms with E-state index in [1.807, 2.05) is 30.3 Å². The van der Waals surface area contributed by atoms with E-state index >= 15 is 0 Å². The van der Waals surface area contributed by atoms with Crippen molar-refractivity contribution >= 4 is 17.5 Å². The zero-order valence-electron chi connectivity index (χ0n) is 17.0. The van der Waals surface area contributed by atoms with Crippen LogP contribution in [0, 0.1) is 0 Å². The van der Waals surface area contributed by atoms with Crippen LogP contribution in [0.4, 0.5) is 0 Å². The van der Waals surface area contributed by atoms with E-state index in [2.05, 4.69) is 32.3 Å². The lowest BCUT2D eigenvalue weighted by Crippen LogP contribution is -2.26. The maximum atomic E-state index is 12.4. The van der Waals surface area contributed by atoms with Gasteiger partial charge < -0.3 is 9.84 Å². The minimum Gasteiger partial charge on any atom is -0.350 e. The van der Waals surface area contributed by atoms with Gasteiger partial charge in [0.2, 0.25) is 0 Å². The van der Waals surface area contributed by atoms with E-state index in [4.69, 9.17) is 16.1 Å². The number of rotatable bonds is 8. The van der Waals surface area contributed by atoms with Crippen LogP contribution in [-0.4, -0.2) is 37.1 Å². The molecule has 1 aromatic carbocycles. The van der Waals surface area contributed by atoms with Crippen LogP contribution < -0.4 is 5.32 Å². The lowest BCUT2D eigenvalue weighted by atomic mass is 10.1. The average molecular weight is 437 g/mol. The molecule has 3 heterocycles. The van der Waals surface area contributed by atoms with E-state index in [9.17, 15) is 4.79 Å². The number of pyridine rings is 1. The molecular formula is C22H21ClN6O2. The summed E-state index contributed by atoms with van der Waals surface area (Å²) in [7, 11) is 0. The number of aryl methyl sites for hydroxylation is 1.